The standard InChI is InChI=1S/C21H21Cl2F2N3O2S/c1-13-11-27(8-9-28(13)19-5-3-4-18(23)26-19)20(30)14-6-7-16(15(22)10-14)31-12-17(29)21(2,24)25/h3-7,10,13H,8-9,11-12H2,1-2H3/t13-/m0/s1. The maximum Gasteiger partial charge on any atom is 0.303 e. The van der Waals surface area contributed by atoms with Crippen molar-refractivity contribution in [2.24, 2.45) is 0 Å². The fourth-order valence-corrected chi connectivity index (χ4v) is 4.65. The van der Waals surface area contributed by atoms with Crippen LogP contribution in [0, 0.1) is 0 Å². The monoisotopic (exact) mass is 487 g/mol. The van der Waals surface area contributed by atoms with Gasteiger partial charge in [0.2, 0.25) is 5.78 Å². The number of piperazine rings is 1. The summed E-state index contributed by atoms with van der Waals surface area (Å²) >= 11 is 13.2. The van der Waals surface area contributed by atoms with Gasteiger partial charge in [-0.1, -0.05) is 29.3 Å². The molecule has 0 spiro atoms. The van der Waals surface area contributed by atoms with Gasteiger partial charge in [-0.15, -0.1) is 11.8 Å². The van der Waals surface area contributed by atoms with E-state index in [-0.39, 0.29) is 17.0 Å². The minimum atomic E-state index is -3.38. The zero-order valence-corrected chi connectivity index (χ0v) is 19.3. The number of ketones is 1. The molecule has 2 aromatic rings. The van der Waals surface area contributed by atoms with E-state index in [1.807, 2.05) is 19.1 Å². The fraction of sp³-hybridized carbons (Fsp3) is 0.381. The molecule has 1 fully saturated rings. The molecule has 5 nitrogen and oxygen atoms in total. The lowest BCUT2D eigenvalue weighted by atomic mass is 10.1. The molecule has 1 atom stereocenters. The van der Waals surface area contributed by atoms with Gasteiger partial charge in [0, 0.05) is 43.1 Å². The molecule has 1 amide bonds. The van der Waals surface area contributed by atoms with Crippen LogP contribution >= 0.6 is 35.0 Å². The number of thioether (sulfide) groups is 1. The van der Waals surface area contributed by atoms with Crippen molar-refractivity contribution >= 4 is 52.5 Å². The number of carbonyl (C=O) groups is 2. The van der Waals surface area contributed by atoms with Crippen molar-refractivity contribution in [2.75, 3.05) is 30.3 Å². The number of aromatic nitrogens is 1. The Bertz CT molecular complexity index is 987. The van der Waals surface area contributed by atoms with Crippen molar-refractivity contribution in [3.8, 4) is 0 Å². The van der Waals surface area contributed by atoms with E-state index in [1.54, 1.807) is 23.1 Å². The first-order valence-electron chi connectivity index (χ1n) is 9.58. The van der Waals surface area contributed by atoms with E-state index >= 15 is 0 Å². The molecule has 0 aliphatic carbocycles. The highest BCUT2D eigenvalue weighted by molar-refractivity contribution is 8.00. The van der Waals surface area contributed by atoms with Crippen molar-refractivity contribution in [2.45, 2.75) is 30.7 Å². The summed E-state index contributed by atoms with van der Waals surface area (Å²) in [6.07, 6.45) is 0. The van der Waals surface area contributed by atoms with Gasteiger partial charge in [-0.25, -0.2) is 4.98 Å². The lowest BCUT2D eigenvalue weighted by Gasteiger charge is -2.40. The van der Waals surface area contributed by atoms with Gasteiger partial charge in [-0.2, -0.15) is 8.78 Å². The third-order valence-corrected chi connectivity index (χ3v) is 6.65. The molecule has 0 bridgehead atoms. The lowest BCUT2D eigenvalue weighted by Crippen LogP contribution is -2.54. The van der Waals surface area contributed by atoms with E-state index in [4.69, 9.17) is 23.2 Å². The van der Waals surface area contributed by atoms with Crippen LogP contribution in [0.3, 0.4) is 0 Å². The van der Waals surface area contributed by atoms with Crippen molar-refractivity contribution in [1.82, 2.24) is 9.88 Å². The first kappa shape index (κ1) is 23.8. The molecule has 1 aromatic carbocycles. The molecule has 10 heteroatoms. The van der Waals surface area contributed by atoms with Crippen molar-refractivity contribution < 1.29 is 18.4 Å². The molecule has 2 heterocycles. The van der Waals surface area contributed by atoms with Crippen LogP contribution in [0.1, 0.15) is 24.2 Å². The predicted molar refractivity (Wildman–Crippen MR) is 120 cm³/mol. The van der Waals surface area contributed by atoms with Gasteiger partial charge in [0.1, 0.15) is 11.0 Å². The number of alkyl halides is 2. The van der Waals surface area contributed by atoms with E-state index in [2.05, 4.69) is 9.88 Å². The SMILES string of the molecule is C[C@H]1CN(C(=O)c2ccc(SCC(=O)C(C)(F)F)c(Cl)c2)CCN1c1cccc(Cl)n1. The number of rotatable bonds is 6. The second-order valence-electron chi connectivity index (χ2n) is 7.36. The first-order valence-corrected chi connectivity index (χ1v) is 11.3. The zero-order chi connectivity index (χ0) is 22.8. The highest BCUT2D eigenvalue weighted by Crippen LogP contribution is 2.30. The Hall–Kier alpha value is -1.90. The summed E-state index contributed by atoms with van der Waals surface area (Å²) < 4.78 is 26.0. The third-order valence-electron chi connectivity index (χ3n) is 4.94. The summed E-state index contributed by atoms with van der Waals surface area (Å²) in [6.45, 7) is 4.19. The molecule has 0 saturated carbocycles. The molecule has 1 aromatic heterocycles. The predicted octanol–water partition coefficient (Wildman–Crippen LogP) is 5.06. The molecule has 3 rings (SSSR count). The van der Waals surface area contributed by atoms with Crippen LogP contribution in [-0.2, 0) is 4.79 Å². The van der Waals surface area contributed by atoms with Gasteiger partial charge in [-0.3, -0.25) is 9.59 Å². The smallest absolute Gasteiger partial charge is 0.303 e. The first-order chi connectivity index (χ1) is 14.6. The number of Topliss-reactive ketones (excluding diaryl/α,β-unsaturated/α-hetero) is 1. The highest BCUT2D eigenvalue weighted by atomic mass is 35.5. The largest absolute Gasteiger partial charge is 0.350 e. The number of hydrogen-bond acceptors (Lipinski definition) is 5. The topological polar surface area (TPSA) is 53.5 Å². The minimum Gasteiger partial charge on any atom is -0.350 e. The van der Waals surface area contributed by atoms with Crippen LogP contribution in [-0.4, -0.2) is 58.9 Å². The Morgan fingerprint density at radius 1 is 1.23 bits per heavy atom. The number of benzene rings is 1. The molecular formula is C21H21Cl2F2N3O2S. The summed E-state index contributed by atoms with van der Waals surface area (Å²) in [6, 6.07) is 10.2. The third kappa shape index (κ3) is 5.87. The fourth-order valence-electron chi connectivity index (χ4n) is 3.24. The van der Waals surface area contributed by atoms with Crippen LogP contribution in [0.2, 0.25) is 10.2 Å². The van der Waals surface area contributed by atoms with Crippen molar-refractivity contribution in [1.29, 1.82) is 0 Å². The summed E-state index contributed by atoms with van der Waals surface area (Å²) in [5, 5.41) is 0.665. The average molecular weight is 488 g/mol. The van der Waals surface area contributed by atoms with Gasteiger partial charge in [0.25, 0.3) is 5.91 Å². The van der Waals surface area contributed by atoms with Crippen LogP contribution in [0.25, 0.3) is 0 Å². The molecule has 0 unspecified atom stereocenters. The Morgan fingerprint density at radius 2 is 1.97 bits per heavy atom. The second kappa shape index (κ2) is 9.71. The Kier molecular flexibility index (Phi) is 7.44. The van der Waals surface area contributed by atoms with E-state index in [0.717, 1.165) is 17.6 Å². The molecular weight excluding hydrogens is 467 g/mol. The molecule has 1 saturated heterocycles. The quantitative estimate of drug-likeness (QED) is 0.421. The number of halogens is 4. The summed E-state index contributed by atoms with van der Waals surface area (Å²) in [5.74, 6) is -4.35. The molecule has 0 N–H and O–H groups in total. The minimum absolute atomic E-state index is 0.0377. The van der Waals surface area contributed by atoms with Gasteiger partial charge in [-0.05, 0) is 37.3 Å². The number of anilines is 1. The normalized spacial score (nSPS) is 17.0. The van der Waals surface area contributed by atoms with Crippen LogP contribution in [0.15, 0.2) is 41.3 Å². The zero-order valence-electron chi connectivity index (χ0n) is 16.9. The molecule has 166 valence electrons. The molecule has 0 radical (unpaired) electrons. The number of amides is 1. The molecule has 1 aliphatic rings. The Labute approximate surface area is 193 Å². The molecule has 1 aliphatic heterocycles. The van der Waals surface area contributed by atoms with Crippen LogP contribution in [0.4, 0.5) is 14.6 Å². The van der Waals surface area contributed by atoms with Crippen molar-refractivity contribution in [3.63, 3.8) is 0 Å². The van der Waals surface area contributed by atoms with E-state index < -0.39 is 17.5 Å². The van der Waals surface area contributed by atoms with Gasteiger partial charge in [0.05, 0.1) is 10.8 Å². The summed E-state index contributed by atoms with van der Waals surface area (Å²) in [7, 11) is 0. The van der Waals surface area contributed by atoms with Crippen molar-refractivity contribution in [3.05, 3.63) is 52.1 Å². The van der Waals surface area contributed by atoms with E-state index in [1.165, 1.54) is 6.07 Å². The summed E-state index contributed by atoms with van der Waals surface area (Å²) in [5.41, 5.74) is 0.406. The average Bonchev–Trinajstić information content (AvgIpc) is 2.71. The Morgan fingerprint density at radius 3 is 2.58 bits per heavy atom. The van der Waals surface area contributed by atoms with Gasteiger partial charge < -0.3 is 9.80 Å². The number of nitrogens with zero attached hydrogens (tertiary/aromatic N) is 3. The number of pyridine rings is 1. The maximum atomic E-state index is 13.0. The molecule has 31 heavy (non-hydrogen) atoms. The van der Waals surface area contributed by atoms with E-state index in [9.17, 15) is 18.4 Å². The lowest BCUT2D eigenvalue weighted by molar-refractivity contribution is -0.137. The van der Waals surface area contributed by atoms with Crippen LogP contribution < -0.4 is 4.90 Å². The Balaban J connectivity index is 1.64. The highest BCUT2D eigenvalue weighted by Gasteiger charge is 2.32. The van der Waals surface area contributed by atoms with Gasteiger partial charge in [0.15, 0.2) is 0 Å². The number of carbonyl (C=O) groups excluding carboxylic acids is 2. The van der Waals surface area contributed by atoms with E-state index in [0.29, 0.717) is 42.2 Å². The summed E-state index contributed by atoms with van der Waals surface area (Å²) in [4.78, 5) is 33.0. The maximum absolute atomic E-state index is 13.0. The van der Waals surface area contributed by atoms with Crippen LogP contribution in [0.5, 0.6) is 0 Å². The van der Waals surface area contributed by atoms with Gasteiger partial charge >= 0.3 is 5.92 Å². The number of hydrogen-bond donors (Lipinski definition) is 0. The second-order valence-corrected chi connectivity index (χ2v) is 9.17.